The summed E-state index contributed by atoms with van der Waals surface area (Å²) in [5.74, 6) is -0.615. The molecule has 2 heterocycles. The molecule has 9 heteroatoms. The number of hydrogen-bond acceptors (Lipinski definition) is 5. The molecule has 0 fully saturated rings. The zero-order chi connectivity index (χ0) is 19.4. The highest BCUT2D eigenvalue weighted by atomic mass is 19.1. The van der Waals surface area contributed by atoms with E-state index in [1.54, 1.807) is 37.5 Å². The lowest BCUT2D eigenvalue weighted by Crippen LogP contribution is -2.35. The number of hydrogen-bond donors (Lipinski definition) is 2. The van der Waals surface area contributed by atoms with Gasteiger partial charge in [-0.25, -0.2) is 4.39 Å². The molecule has 0 unspecified atom stereocenters. The minimum Gasteiger partial charge on any atom is -0.395 e. The van der Waals surface area contributed by atoms with Crippen molar-refractivity contribution >= 4 is 5.91 Å². The van der Waals surface area contributed by atoms with E-state index in [4.69, 9.17) is 5.11 Å². The van der Waals surface area contributed by atoms with Crippen molar-refractivity contribution in [2.24, 2.45) is 7.05 Å². The summed E-state index contributed by atoms with van der Waals surface area (Å²) < 4.78 is 15.4. The Morgan fingerprint density at radius 1 is 1.30 bits per heavy atom. The number of carbonyl (C=O) groups is 1. The first-order chi connectivity index (χ1) is 13.0. The van der Waals surface area contributed by atoms with Crippen LogP contribution in [0.5, 0.6) is 0 Å². The SMILES string of the molecule is Cn1cc(-n2nc(-c3ccc(CF)cc3)cc(C(=O)NCCO)c2=O)cn1. The summed E-state index contributed by atoms with van der Waals surface area (Å²) in [4.78, 5) is 25.1. The number of nitrogens with one attached hydrogen (secondary N) is 1. The number of amides is 1. The van der Waals surface area contributed by atoms with Gasteiger partial charge in [0.05, 0.1) is 24.7 Å². The maximum absolute atomic E-state index is 12.8. The highest BCUT2D eigenvalue weighted by molar-refractivity contribution is 5.94. The number of rotatable bonds is 6. The number of aliphatic hydroxyl groups excluding tert-OH is 1. The topological polar surface area (TPSA) is 102 Å². The molecular formula is C18H18FN5O3. The molecule has 3 aromatic rings. The minimum absolute atomic E-state index is 0.0218. The van der Waals surface area contributed by atoms with Crippen molar-refractivity contribution in [1.82, 2.24) is 24.9 Å². The van der Waals surface area contributed by atoms with Crippen LogP contribution in [0.4, 0.5) is 4.39 Å². The number of nitrogens with zero attached hydrogens (tertiary/aromatic N) is 4. The van der Waals surface area contributed by atoms with Crippen LogP contribution in [0.3, 0.4) is 0 Å². The minimum atomic E-state index is -0.615. The quantitative estimate of drug-likeness (QED) is 0.668. The number of aryl methyl sites for hydroxylation is 1. The van der Waals surface area contributed by atoms with E-state index in [1.165, 1.54) is 16.9 Å². The third kappa shape index (κ3) is 3.93. The number of halogens is 1. The molecule has 140 valence electrons. The van der Waals surface area contributed by atoms with E-state index in [2.05, 4.69) is 15.5 Å². The Labute approximate surface area is 153 Å². The summed E-state index contributed by atoms with van der Waals surface area (Å²) in [5.41, 5.74) is 1.19. The second kappa shape index (κ2) is 7.92. The molecule has 8 nitrogen and oxygen atoms in total. The first kappa shape index (κ1) is 18.5. The van der Waals surface area contributed by atoms with E-state index >= 15 is 0 Å². The molecule has 0 aliphatic heterocycles. The summed E-state index contributed by atoms with van der Waals surface area (Å²) in [6, 6.07) is 7.95. The van der Waals surface area contributed by atoms with Crippen molar-refractivity contribution in [1.29, 1.82) is 0 Å². The molecule has 0 atom stereocenters. The predicted molar refractivity (Wildman–Crippen MR) is 96.3 cm³/mol. The zero-order valence-electron chi connectivity index (χ0n) is 14.6. The van der Waals surface area contributed by atoms with Gasteiger partial charge in [-0.15, -0.1) is 0 Å². The predicted octanol–water partition coefficient (Wildman–Crippen LogP) is 0.825. The van der Waals surface area contributed by atoms with E-state index < -0.39 is 18.1 Å². The van der Waals surface area contributed by atoms with E-state index in [9.17, 15) is 14.0 Å². The monoisotopic (exact) mass is 371 g/mol. The van der Waals surface area contributed by atoms with E-state index in [0.29, 0.717) is 22.5 Å². The van der Waals surface area contributed by atoms with Crippen molar-refractivity contribution in [3.05, 3.63) is 64.2 Å². The molecule has 0 saturated heterocycles. The zero-order valence-corrected chi connectivity index (χ0v) is 14.6. The van der Waals surface area contributed by atoms with Crippen molar-refractivity contribution in [2.75, 3.05) is 13.2 Å². The Hall–Kier alpha value is -3.33. The molecule has 0 radical (unpaired) electrons. The van der Waals surface area contributed by atoms with Crippen LogP contribution in [-0.2, 0) is 13.7 Å². The Bertz CT molecular complexity index is 1010. The number of alkyl halides is 1. The van der Waals surface area contributed by atoms with Gasteiger partial charge in [0.15, 0.2) is 0 Å². The highest BCUT2D eigenvalue weighted by Crippen LogP contribution is 2.19. The first-order valence-corrected chi connectivity index (χ1v) is 8.21. The van der Waals surface area contributed by atoms with Gasteiger partial charge in [-0.3, -0.25) is 14.3 Å². The van der Waals surface area contributed by atoms with Crippen LogP contribution in [0.2, 0.25) is 0 Å². The summed E-state index contributed by atoms with van der Waals surface area (Å²) in [6.07, 6.45) is 3.06. The van der Waals surface area contributed by atoms with Crippen LogP contribution in [0.25, 0.3) is 16.9 Å². The largest absolute Gasteiger partial charge is 0.395 e. The molecule has 27 heavy (non-hydrogen) atoms. The molecule has 0 aliphatic carbocycles. The lowest BCUT2D eigenvalue weighted by molar-refractivity contribution is 0.0942. The van der Waals surface area contributed by atoms with Crippen LogP contribution in [0.1, 0.15) is 15.9 Å². The van der Waals surface area contributed by atoms with Gasteiger partial charge in [0.2, 0.25) is 0 Å². The Morgan fingerprint density at radius 2 is 2.04 bits per heavy atom. The fourth-order valence-corrected chi connectivity index (χ4v) is 2.52. The molecule has 0 aliphatic rings. The second-order valence-electron chi connectivity index (χ2n) is 5.84. The average Bonchev–Trinajstić information content (AvgIpc) is 3.12. The average molecular weight is 371 g/mol. The fraction of sp³-hybridized carbons (Fsp3) is 0.222. The van der Waals surface area contributed by atoms with Crippen LogP contribution < -0.4 is 10.9 Å². The van der Waals surface area contributed by atoms with Crippen molar-refractivity contribution in [3.8, 4) is 16.9 Å². The summed E-state index contributed by atoms with van der Waals surface area (Å²) in [5, 5.41) is 19.7. The fourth-order valence-electron chi connectivity index (χ4n) is 2.52. The van der Waals surface area contributed by atoms with Gasteiger partial charge in [0.25, 0.3) is 11.5 Å². The van der Waals surface area contributed by atoms with E-state index in [-0.39, 0.29) is 18.7 Å². The number of aliphatic hydroxyl groups is 1. The van der Waals surface area contributed by atoms with Crippen LogP contribution in [-0.4, -0.2) is 43.7 Å². The molecule has 3 rings (SSSR count). The molecule has 0 bridgehead atoms. The third-order valence-corrected chi connectivity index (χ3v) is 3.89. The Morgan fingerprint density at radius 3 is 2.63 bits per heavy atom. The first-order valence-electron chi connectivity index (χ1n) is 8.21. The van der Waals surface area contributed by atoms with Gasteiger partial charge in [-0.1, -0.05) is 24.3 Å². The molecular weight excluding hydrogens is 353 g/mol. The second-order valence-corrected chi connectivity index (χ2v) is 5.84. The normalized spacial score (nSPS) is 10.8. The van der Waals surface area contributed by atoms with E-state index in [0.717, 1.165) is 4.68 Å². The third-order valence-electron chi connectivity index (χ3n) is 3.89. The van der Waals surface area contributed by atoms with Gasteiger partial charge < -0.3 is 10.4 Å². The summed E-state index contributed by atoms with van der Waals surface area (Å²) in [7, 11) is 1.70. The highest BCUT2D eigenvalue weighted by Gasteiger charge is 2.18. The van der Waals surface area contributed by atoms with Crippen molar-refractivity contribution in [3.63, 3.8) is 0 Å². The van der Waals surface area contributed by atoms with Gasteiger partial charge in [-0.05, 0) is 11.6 Å². The van der Waals surface area contributed by atoms with Gasteiger partial charge in [0, 0.05) is 19.2 Å². The van der Waals surface area contributed by atoms with Crippen LogP contribution >= 0.6 is 0 Å². The molecule has 1 amide bonds. The standard InChI is InChI=1S/C18H18FN5O3/c1-23-11-14(10-21-23)24-18(27)15(17(26)20-6-7-25)8-16(22-24)13-4-2-12(9-19)3-5-13/h2-5,8,10-11,25H,6-7,9H2,1H3,(H,20,26). The molecule has 0 saturated carbocycles. The van der Waals surface area contributed by atoms with Crippen LogP contribution in [0, 0.1) is 0 Å². The summed E-state index contributed by atoms with van der Waals surface area (Å²) >= 11 is 0. The van der Waals surface area contributed by atoms with Crippen molar-refractivity contribution < 1.29 is 14.3 Å². The van der Waals surface area contributed by atoms with Gasteiger partial charge in [0.1, 0.15) is 17.9 Å². The lowest BCUT2D eigenvalue weighted by atomic mass is 10.1. The molecule has 1 aromatic carbocycles. The number of carbonyl (C=O) groups excluding carboxylic acids is 1. The molecule has 0 spiro atoms. The molecule has 2 N–H and O–H groups in total. The lowest BCUT2D eigenvalue weighted by Gasteiger charge is -2.10. The maximum Gasteiger partial charge on any atom is 0.284 e. The number of benzene rings is 1. The number of aromatic nitrogens is 4. The van der Waals surface area contributed by atoms with Gasteiger partial charge >= 0.3 is 0 Å². The van der Waals surface area contributed by atoms with Crippen molar-refractivity contribution in [2.45, 2.75) is 6.67 Å². The summed E-state index contributed by atoms with van der Waals surface area (Å²) in [6.45, 7) is -0.809. The van der Waals surface area contributed by atoms with E-state index in [1.807, 2.05) is 0 Å². The van der Waals surface area contributed by atoms with Crippen LogP contribution in [0.15, 0.2) is 47.5 Å². The van der Waals surface area contributed by atoms with Gasteiger partial charge in [-0.2, -0.15) is 14.9 Å². The Kier molecular flexibility index (Phi) is 5.41. The Balaban J connectivity index is 2.15. The molecule has 2 aromatic heterocycles. The maximum atomic E-state index is 12.8. The smallest absolute Gasteiger partial charge is 0.284 e.